The van der Waals surface area contributed by atoms with Crippen LogP contribution in [0.3, 0.4) is 0 Å². The Morgan fingerprint density at radius 3 is 2.83 bits per heavy atom. The van der Waals surface area contributed by atoms with Crippen LogP contribution in [-0.2, 0) is 17.6 Å². The Hall–Kier alpha value is -1.51. The van der Waals surface area contributed by atoms with Gasteiger partial charge in [-0.15, -0.1) is 0 Å². The second kappa shape index (κ2) is 5.01. The summed E-state index contributed by atoms with van der Waals surface area (Å²) >= 11 is 0. The molecule has 1 atom stereocenters. The van der Waals surface area contributed by atoms with Crippen molar-refractivity contribution in [2.45, 2.75) is 52.1 Å². The fourth-order valence-electron chi connectivity index (χ4n) is 2.99. The maximum Gasteiger partial charge on any atom is 0.303 e. The molecule has 1 heterocycles. The number of hydrogen-bond donors (Lipinski definition) is 1. The molecule has 0 amide bonds. The van der Waals surface area contributed by atoms with Gasteiger partial charge in [0.05, 0.1) is 0 Å². The molecule has 1 aliphatic rings. The van der Waals surface area contributed by atoms with Crippen molar-refractivity contribution < 1.29 is 9.90 Å². The number of carboxylic acids is 1. The number of aliphatic carboxylic acids is 1. The van der Waals surface area contributed by atoms with E-state index in [1.54, 1.807) is 0 Å². The third-order valence-electron chi connectivity index (χ3n) is 3.62. The number of nitrogens with zero attached hydrogens (tertiary/aromatic N) is 1. The molecular formula is C15H21NO2. The predicted molar refractivity (Wildman–Crippen MR) is 73.2 cm³/mol. The van der Waals surface area contributed by atoms with Gasteiger partial charge in [-0.1, -0.05) is 18.2 Å². The predicted octanol–water partition coefficient (Wildman–Crippen LogP) is 2.86. The van der Waals surface area contributed by atoms with Crippen LogP contribution in [0, 0.1) is 0 Å². The molecule has 0 spiro atoms. The van der Waals surface area contributed by atoms with Crippen LogP contribution in [0.15, 0.2) is 18.2 Å². The molecule has 0 aromatic heterocycles. The van der Waals surface area contributed by atoms with E-state index in [4.69, 9.17) is 5.11 Å². The smallest absolute Gasteiger partial charge is 0.303 e. The summed E-state index contributed by atoms with van der Waals surface area (Å²) in [6, 6.07) is 7.23. The Kier molecular flexibility index (Phi) is 3.60. The minimum absolute atomic E-state index is 0.205. The highest BCUT2D eigenvalue weighted by Crippen LogP contribution is 2.37. The number of carboxylic acid groups (broad SMARTS) is 1. The number of para-hydroxylation sites is 1. The minimum Gasteiger partial charge on any atom is -0.481 e. The van der Waals surface area contributed by atoms with E-state index in [0.29, 0.717) is 18.5 Å². The monoisotopic (exact) mass is 247 g/mol. The molecule has 3 nitrogen and oxygen atoms in total. The van der Waals surface area contributed by atoms with Gasteiger partial charge in [0.1, 0.15) is 0 Å². The summed E-state index contributed by atoms with van der Waals surface area (Å²) < 4.78 is 0. The third kappa shape index (κ3) is 2.35. The second-order valence-corrected chi connectivity index (χ2v) is 5.37. The lowest BCUT2D eigenvalue weighted by Crippen LogP contribution is -2.36. The zero-order valence-electron chi connectivity index (χ0n) is 11.3. The quantitative estimate of drug-likeness (QED) is 0.889. The van der Waals surface area contributed by atoms with Gasteiger partial charge in [0.15, 0.2) is 0 Å². The Bertz CT molecular complexity index is 454. The van der Waals surface area contributed by atoms with Crippen molar-refractivity contribution in [3.05, 3.63) is 29.3 Å². The molecular weight excluding hydrogens is 226 g/mol. The molecule has 1 aromatic carbocycles. The van der Waals surface area contributed by atoms with Crippen LogP contribution < -0.4 is 4.90 Å². The van der Waals surface area contributed by atoms with Crippen molar-refractivity contribution >= 4 is 11.7 Å². The third-order valence-corrected chi connectivity index (χ3v) is 3.62. The van der Waals surface area contributed by atoms with Gasteiger partial charge in [-0.05, 0) is 44.7 Å². The summed E-state index contributed by atoms with van der Waals surface area (Å²) in [6.07, 6.45) is 1.89. The lowest BCUT2D eigenvalue weighted by Gasteiger charge is -2.30. The first-order valence-electron chi connectivity index (χ1n) is 6.61. The number of carbonyl (C=O) groups is 1. The number of aryl methyl sites for hydroxylation is 1. The largest absolute Gasteiger partial charge is 0.481 e. The van der Waals surface area contributed by atoms with E-state index in [9.17, 15) is 4.79 Å². The van der Waals surface area contributed by atoms with E-state index in [0.717, 1.165) is 6.42 Å². The van der Waals surface area contributed by atoms with Crippen molar-refractivity contribution in [1.82, 2.24) is 0 Å². The van der Waals surface area contributed by atoms with Gasteiger partial charge in [-0.25, -0.2) is 0 Å². The highest BCUT2D eigenvalue weighted by Gasteiger charge is 2.29. The zero-order valence-corrected chi connectivity index (χ0v) is 11.3. The standard InChI is InChI=1S/C15H21NO2/c1-10(2)16-11(3)9-13-6-4-5-12(15(13)16)7-8-14(17)18/h4-6,10-11H,7-9H2,1-3H3,(H,17,18). The second-order valence-electron chi connectivity index (χ2n) is 5.37. The summed E-state index contributed by atoms with van der Waals surface area (Å²) in [4.78, 5) is 13.2. The van der Waals surface area contributed by atoms with E-state index in [2.05, 4.69) is 37.8 Å². The first-order valence-corrected chi connectivity index (χ1v) is 6.61. The van der Waals surface area contributed by atoms with Crippen LogP contribution in [0.1, 0.15) is 38.3 Å². The minimum atomic E-state index is -0.727. The highest BCUT2D eigenvalue weighted by atomic mass is 16.4. The van der Waals surface area contributed by atoms with Crippen molar-refractivity contribution in [2.75, 3.05) is 4.90 Å². The average Bonchev–Trinajstić information content (AvgIpc) is 2.62. The summed E-state index contributed by atoms with van der Waals surface area (Å²) in [7, 11) is 0. The summed E-state index contributed by atoms with van der Waals surface area (Å²) in [5.74, 6) is -0.727. The fourth-order valence-corrected chi connectivity index (χ4v) is 2.99. The van der Waals surface area contributed by atoms with E-state index in [1.807, 2.05) is 6.07 Å². The Morgan fingerprint density at radius 2 is 2.22 bits per heavy atom. The molecule has 0 fully saturated rings. The van der Waals surface area contributed by atoms with Crippen LogP contribution in [0.5, 0.6) is 0 Å². The van der Waals surface area contributed by atoms with Gasteiger partial charge in [0, 0.05) is 24.2 Å². The maximum atomic E-state index is 10.7. The van der Waals surface area contributed by atoms with E-state index < -0.39 is 5.97 Å². The van der Waals surface area contributed by atoms with Gasteiger partial charge in [-0.3, -0.25) is 4.79 Å². The van der Waals surface area contributed by atoms with Crippen LogP contribution in [0.25, 0.3) is 0 Å². The Labute approximate surface area is 108 Å². The molecule has 98 valence electrons. The van der Waals surface area contributed by atoms with Gasteiger partial charge in [-0.2, -0.15) is 0 Å². The van der Waals surface area contributed by atoms with E-state index in [1.165, 1.54) is 16.8 Å². The number of rotatable bonds is 4. The van der Waals surface area contributed by atoms with Gasteiger partial charge < -0.3 is 10.0 Å². The molecule has 1 aromatic rings. The maximum absolute atomic E-state index is 10.7. The molecule has 1 unspecified atom stereocenters. The molecule has 1 aliphatic heterocycles. The van der Waals surface area contributed by atoms with Gasteiger partial charge in [0.25, 0.3) is 0 Å². The van der Waals surface area contributed by atoms with Crippen LogP contribution >= 0.6 is 0 Å². The zero-order chi connectivity index (χ0) is 13.3. The highest BCUT2D eigenvalue weighted by molar-refractivity contribution is 5.69. The fraction of sp³-hybridized carbons (Fsp3) is 0.533. The Morgan fingerprint density at radius 1 is 1.50 bits per heavy atom. The SMILES string of the molecule is CC(C)N1c2c(CCC(=O)O)cccc2CC1C. The van der Waals surface area contributed by atoms with Crippen molar-refractivity contribution in [3.8, 4) is 0 Å². The molecule has 18 heavy (non-hydrogen) atoms. The Balaban J connectivity index is 2.34. The number of fused-ring (bicyclic) bond motifs is 1. The van der Waals surface area contributed by atoms with Crippen LogP contribution in [0.2, 0.25) is 0 Å². The number of anilines is 1. The lowest BCUT2D eigenvalue weighted by molar-refractivity contribution is -0.136. The van der Waals surface area contributed by atoms with Crippen molar-refractivity contribution in [3.63, 3.8) is 0 Å². The summed E-state index contributed by atoms with van der Waals surface area (Å²) in [6.45, 7) is 6.63. The normalized spacial score (nSPS) is 18.2. The average molecular weight is 247 g/mol. The van der Waals surface area contributed by atoms with E-state index in [-0.39, 0.29) is 6.42 Å². The van der Waals surface area contributed by atoms with Crippen molar-refractivity contribution in [1.29, 1.82) is 0 Å². The van der Waals surface area contributed by atoms with Crippen molar-refractivity contribution in [2.24, 2.45) is 0 Å². The number of benzene rings is 1. The molecule has 0 radical (unpaired) electrons. The first kappa shape index (κ1) is 12.9. The molecule has 3 heteroatoms. The molecule has 0 aliphatic carbocycles. The number of hydrogen-bond acceptors (Lipinski definition) is 2. The van der Waals surface area contributed by atoms with Crippen LogP contribution in [0.4, 0.5) is 5.69 Å². The molecule has 0 saturated carbocycles. The first-order chi connectivity index (χ1) is 8.50. The topological polar surface area (TPSA) is 40.5 Å². The summed E-state index contributed by atoms with van der Waals surface area (Å²) in [5, 5.41) is 8.84. The lowest BCUT2D eigenvalue weighted by atomic mass is 10.0. The summed E-state index contributed by atoms with van der Waals surface area (Å²) in [5.41, 5.74) is 3.81. The van der Waals surface area contributed by atoms with Gasteiger partial charge in [0.2, 0.25) is 0 Å². The molecule has 0 bridgehead atoms. The molecule has 0 saturated heterocycles. The van der Waals surface area contributed by atoms with E-state index >= 15 is 0 Å². The van der Waals surface area contributed by atoms with Crippen LogP contribution in [-0.4, -0.2) is 23.2 Å². The van der Waals surface area contributed by atoms with Gasteiger partial charge >= 0.3 is 5.97 Å². The molecule has 2 rings (SSSR count). The molecule has 1 N–H and O–H groups in total.